The second-order valence-corrected chi connectivity index (χ2v) is 6.85. The van der Waals surface area contributed by atoms with Gasteiger partial charge in [0.2, 0.25) is 5.56 Å². The summed E-state index contributed by atoms with van der Waals surface area (Å²) >= 11 is 0. The van der Waals surface area contributed by atoms with Gasteiger partial charge in [-0.25, -0.2) is 0 Å². The molecule has 0 amide bonds. The van der Waals surface area contributed by atoms with Crippen LogP contribution in [0.3, 0.4) is 0 Å². The molecule has 158 valence electrons. The van der Waals surface area contributed by atoms with Gasteiger partial charge in [-0.15, -0.1) is 0 Å². The summed E-state index contributed by atoms with van der Waals surface area (Å²) in [7, 11) is 0. The van der Waals surface area contributed by atoms with Gasteiger partial charge in [-0.1, -0.05) is 12.1 Å². The molecule has 0 spiro atoms. The molecule has 1 fully saturated rings. The van der Waals surface area contributed by atoms with E-state index in [1.54, 1.807) is 6.20 Å². The van der Waals surface area contributed by atoms with E-state index < -0.39 is 17.3 Å². The molecule has 1 aliphatic heterocycles. The van der Waals surface area contributed by atoms with Crippen molar-refractivity contribution >= 4 is 5.69 Å². The van der Waals surface area contributed by atoms with Crippen molar-refractivity contribution in [3.8, 4) is 11.3 Å². The first-order valence-electron chi connectivity index (χ1n) is 9.54. The average Bonchev–Trinajstić information content (AvgIpc) is 3.29. The number of rotatable bonds is 3. The number of benzene rings is 1. The third kappa shape index (κ3) is 5.48. The number of pyridine rings is 2. The molecule has 0 atom stereocenters. The minimum atomic E-state index is -4.38. The molecule has 2 N–H and O–H groups in total. The van der Waals surface area contributed by atoms with Crippen LogP contribution < -0.4 is 10.5 Å². The Balaban J connectivity index is 0.000000199. The number of alkyl halides is 3. The van der Waals surface area contributed by atoms with Crippen molar-refractivity contribution in [2.75, 3.05) is 18.0 Å². The van der Waals surface area contributed by atoms with Gasteiger partial charge in [0.1, 0.15) is 0 Å². The van der Waals surface area contributed by atoms with E-state index >= 15 is 0 Å². The van der Waals surface area contributed by atoms with Crippen molar-refractivity contribution in [3.05, 3.63) is 82.4 Å². The highest BCUT2D eigenvalue weighted by Crippen LogP contribution is 2.29. The fraction of sp³-hybridized carbons (Fsp3) is 0.273. The SMILES string of the molecule is O=c1ccc(C(F)(F)F)c[nH]1.OCc1cc(-c2ccccn2)ccc1N1CCCC1. The lowest BCUT2D eigenvalue weighted by Crippen LogP contribution is -2.19. The maximum atomic E-state index is 11.8. The summed E-state index contributed by atoms with van der Waals surface area (Å²) in [5.41, 5.74) is 2.78. The molecule has 1 saturated heterocycles. The summed E-state index contributed by atoms with van der Waals surface area (Å²) in [6.07, 6.45) is 0.536. The van der Waals surface area contributed by atoms with E-state index in [2.05, 4.69) is 28.1 Å². The van der Waals surface area contributed by atoms with E-state index in [0.717, 1.165) is 42.0 Å². The van der Waals surface area contributed by atoms with Crippen LogP contribution in [-0.2, 0) is 12.8 Å². The Kier molecular flexibility index (Phi) is 6.89. The Bertz CT molecular complexity index is 994. The molecule has 0 bridgehead atoms. The highest BCUT2D eigenvalue weighted by molar-refractivity contribution is 5.66. The average molecular weight is 417 g/mol. The first-order chi connectivity index (χ1) is 14.4. The zero-order valence-corrected chi connectivity index (χ0v) is 16.2. The summed E-state index contributed by atoms with van der Waals surface area (Å²) in [6.45, 7) is 2.26. The Hall–Kier alpha value is -3.13. The number of nitrogens with one attached hydrogen (secondary N) is 1. The van der Waals surface area contributed by atoms with Gasteiger partial charge in [-0.3, -0.25) is 9.78 Å². The Morgan fingerprint density at radius 2 is 1.83 bits per heavy atom. The lowest BCUT2D eigenvalue weighted by Gasteiger charge is -2.21. The number of H-pyrrole nitrogens is 1. The normalized spacial score (nSPS) is 13.7. The standard InChI is InChI=1S/C16H18N2O.C6H4F3NO/c19-12-14-11-13(15-5-1-2-8-17-15)6-7-16(14)18-9-3-4-10-18;7-6(8,9)4-1-2-5(11)10-3-4/h1-2,5-8,11,19H,3-4,9-10,12H2;1-3H,(H,10,11). The van der Waals surface area contributed by atoms with Crippen molar-refractivity contribution in [2.24, 2.45) is 0 Å². The molecule has 2 aromatic heterocycles. The predicted octanol–water partition coefficient (Wildman–Crippen LogP) is 4.23. The molecular weight excluding hydrogens is 395 g/mol. The van der Waals surface area contributed by atoms with Gasteiger partial charge >= 0.3 is 6.18 Å². The number of hydrogen-bond acceptors (Lipinski definition) is 4. The maximum Gasteiger partial charge on any atom is 0.417 e. The molecule has 3 aromatic rings. The van der Waals surface area contributed by atoms with Gasteiger partial charge in [-0.2, -0.15) is 13.2 Å². The van der Waals surface area contributed by atoms with Crippen molar-refractivity contribution < 1.29 is 18.3 Å². The van der Waals surface area contributed by atoms with E-state index in [1.165, 1.54) is 18.5 Å². The van der Waals surface area contributed by atoms with Crippen LogP contribution in [0.2, 0.25) is 0 Å². The highest BCUT2D eigenvalue weighted by Gasteiger charge is 2.30. The van der Waals surface area contributed by atoms with Crippen molar-refractivity contribution in [2.45, 2.75) is 25.6 Å². The summed E-state index contributed by atoms with van der Waals surface area (Å²) < 4.78 is 35.4. The summed E-state index contributed by atoms with van der Waals surface area (Å²) in [5, 5.41) is 9.60. The first kappa shape index (κ1) is 21.6. The third-order valence-corrected chi connectivity index (χ3v) is 4.77. The van der Waals surface area contributed by atoms with E-state index in [1.807, 2.05) is 23.2 Å². The zero-order valence-electron chi connectivity index (χ0n) is 16.2. The van der Waals surface area contributed by atoms with E-state index in [-0.39, 0.29) is 6.61 Å². The number of nitrogens with zero attached hydrogens (tertiary/aromatic N) is 2. The van der Waals surface area contributed by atoms with Gasteiger partial charge in [0.05, 0.1) is 17.9 Å². The van der Waals surface area contributed by atoms with E-state index in [9.17, 15) is 23.1 Å². The second kappa shape index (κ2) is 9.58. The van der Waals surface area contributed by atoms with E-state index in [4.69, 9.17) is 0 Å². The molecule has 0 saturated carbocycles. The monoisotopic (exact) mass is 417 g/mol. The minimum Gasteiger partial charge on any atom is -0.392 e. The largest absolute Gasteiger partial charge is 0.417 e. The van der Waals surface area contributed by atoms with Gasteiger partial charge in [0.15, 0.2) is 0 Å². The number of aromatic nitrogens is 2. The Morgan fingerprint density at radius 1 is 1.07 bits per heavy atom. The number of aromatic amines is 1. The number of halogens is 3. The summed E-state index contributed by atoms with van der Waals surface area (Å²) in [5.74, 6) is 0. The molecular formula is C22H22F3N3O2. The quantitative estimate of drug-likeness (QED) is 0.669. The molecule has 1 aromatic carbocycles. The highest BCUT2D eigenvalue weighted by atomic mass is 19.4. The minimum absolute atomic E-state index is 0.0759. The van der Waals surface area contributed by atoms with Crippen LogP contribution in [0.5, 0.6) is 0 Å². The van der Waals surface area contributed by atoms with Crippen molar-refractivity contribution in [3.63, 3.8) is 0 Å². The molecule has 0 radical (unpaired) electrons. The molecule has 8 heteroatoms. The zero-order chi connectivity index (χ0) is 21.6. The Morgan fingerprint density at radius 3 is 2.40 bits per heavy atom. The number of anilines is 1. The van der Waals surface area contributed by atoms with Crippen LogP contribution in [-0.4, -0.2) is 28.2 Å². The number of aliphatic hydroxyl groups is 1. The molecule has 3 heterocycles. The van der Waals surface area contributed by atoms with Gasteiger partial charge < -0.3 is 15.0 Å². The molecule has 5 nitrogen and oxygen atoms in total. The van der Waals surface area contributed by atoms with Gasteiger partial charge in [0.25, 0.3) is 0 Å². The molecule has 0 unspecified atom stereocenters. The molecule has 0 aliphatic carbocycles. The van der Waals surface area contributed by atoms with Crippen molar-refractivity contribution in [1.82, 2.24) is 9.97 Å². The maximum absolute atomic E-state index is 11.8. The van der Waals surface area contributed by atoms with Gasteiger partial charge in [0, 0.05) is 48.4 Å². The van der Waals surface area contributed by atoms with Crippen LogP contribution in [0.4, 0.5) is 18.9 Å². The van der Waals surface area contributed by atoms with E-state index in [0.29, 0.717) is 6.20 Å². The van der Waals surface area contributed by atoms with Crippen LogP contribution in [0.15, 0.2) is 65.7 Å². The number of hydrogen-bond donors (Lipinski definition) is 2. The van der Waals surface area contributed by atoms with Crippen LogP contribution in [0.1, 0.15) is 24.0 Å². The lowest BCUT2D eigenvalue weighted by molar-refractivity contribution is -0.137. The first-order valence-corrected chi connectivity index (χ1v) is 9.54. The predicted molar refractivity (Wildman–Crippen MR) is 109 cm³/mol. The molecule has 30 heavy (non-hydrogen) atoms. The second-order valence-electron chi connectivity index (χ2n) is 6.85. The van der Waals surface area contributed by atoms with Gasteiger partial charge in [-0.05, 0) is 43.2 Å². The summed E-state index contributed by atoms with van der Waals surface area (Å²) in [6, 6.07) is 13.7. The lowest BCUT2D eigenvalue weighted by atomic mass is 10.1. The summed E-state index contributed by atoms with van der Waals surface area (Å²) in [4.78, 5) is 19.0. The van der Waals surface area contributed by atoms with Crippen LogP contribution >= 0.6 is 0 Å². The molecule has 1 aliphatic rings. The third-order valence-electron chi connectivity index (χ3n) is 4.77. The Labute approximate surface area is 171 Å². The number of aliphatic hydroxyl groups excluding tert-OH is 1. The van der Waals surface area contributed by atoms with Crippen LogP contribution in [0, 0.1) is 0 Å². The van der Waals surface area contributed by atoms with Crippen LogP contribution in [0.25, 0.3) is 11.3 Å². The topological polar surface area (TPSA) is 69.2 Å². The molecule has 4 rings (SSSR count). The van der Waals surface area contributed by atoms with Crippen molar-refractivity contribution in [1.29, 1.82) is 0 Å². The fourth-order valence-corrected chi connectivity index (χ4v) is 3.26. The fourth-order valence-electron chi connectivity index (χ4n) is 3.26. The smallest absolute Gasteiger partial charge is 0.392 e.